The molecule has 0 aromatic rings. The molecule has 7 nitrogen and oxygen atoms in total. The van der Waals surface area contributed by atoms with Crippen molar-refractivity contribution in [3.63, 3.8) is 0 Å². The van der Waals surface area contributed by atoms with E-state index in [4.69, 9.17) is 4.74 Å². The zero-order chi connectivity index (χ0) is 15.0. The van der Waals surface area contributed by atoms with Gasteiger partial charge in [-0.25, -0.2) is 4.79 Å². The Morgan fingerprint density at radius 3 is 2.48 bits per heavy atom. The van der Waals surface area contributed by atoms with Crippen molar-refractivity contribution in [1.82, 2.24) is 15.1 Å². The van der Waals surface area contributed by atoms with E-state index in [-0.39, 0.29) is 11.9 Å². The Labute approximate surface area is 123 Å². The molecule has 1 unspecified atom stereocenters. The van der Waals surface area contributed by atoms with Crippen LogP contribution in [0.15, 0.2) is 0 Å². The number of urea groups is 1. The van der Waals surface area contributed by atoms with Crippen molar-refractivity contribution in [1.29, 1.82) is 0 Å². The molecule has 1 N–H and O–H groups in total. The Morgan fingerprint density at radius 1 is 1.24 bits per heavy atom. The lowest BCUT2D eigenvalue weighted by Gasteiger charge is -2.46. The highest BCUT2D eigenvalue weighted by Gasteiger charge is 2.58. The van der Waals surface area contributed by atoms with E-state index in [1.165, 1.54) is 4.90 Å². The van der Waals surface area contributed by atoms with E-state index in [9.17, 15) is 14.4 Å². The van der Waals surface area contributed by atoms with Gasteiger partial charge in [-0.3, -0.25) is 24.7 Å². The molecule has 0 radical (unpaired) electrons. The van der Waals surface area contributed by atoms with Crippen molar-refractivity contribution in [3.8, 4) is 0 Å². The second-order valence-corrected chi connectivity index (χ2v) is 6.13. The van der Waals surface area contributed by atoms with E-state index >= 15 is 0 Å². The number of morpholine rings is 1. The van der Waals surface area contributed by atoms with E-state index in [1.807, 2.05) is 6.92 Å². The fraction of sp³-hybridized carbons (Fsp3) is 0.786. The minimum absolute atomic E-state index is 0.249. The normalized spacial score (nSPS) is 27.5. The van der Waals surface area contributed by atoms with Crippen molar-refractivity contribution in [2.24, 2.45) is 5.41 Å². The first-order valence-electron chi connectivity index (χ1n) is 7.54. The van der Waals surface area contributed by atoms with E-state index in [1.54, 1.807) is 0 Å². The van der Waals surface area contributed by atoms with Crippen LogP contribution in [0.2, 0.25) is 0 Å². The number of amides is 4. The highest BCUT2D eigenvalue weighted by atomic mass is 16.5. The van der Waals surface area contributed by atoms with Crippen molar-refractivity contribution in [2.45, 2.75) is 32.2 Å². The van der Waals surface area contributed by atoms with Gasteiger partial charge in [0.15, 0.2) is 0 Å². The molecule has 4 amide bonds. The molecule has 0 aromatic heterocycles. The van der Waals surface area contributed by atoms with Crippen LogP contribution in [0.25, 0.3) is 0 Å². The zero-order valence-electron chi connectivity index (χ0n) is 12.3. The second-order valence-electron chi connectivity index (χ2n) is 6.13. The van der Waals surface area contributed by atoms with Crippen LogP contribution in [0.5, 0.6) is 0 Å². The van der Waals surface area contributed by atoms with Crippen molar-refractivity contribution in [2.75, 3.05) is 32.8 Å². The molecular formula is C14H21N3O4. The average Bonchev–Trinajstić information content (AvgIpc) is 2.37. The minimum Gasteiger partial charge on any atom is -0.379 e. The van der Waals surface area contributed by atoms with Gasteiger partial charge < -0.3 is 4.74 Å². The Balaban J connectivity index is 1.71. The summed E-state index contributed by atoms with van der Waals surface area (Å²) in [4.78, 5) is 40.1. The Morgan fingerprint density at radius 2 is 1.90 bits per heavy atom. The molecule has 116 valence electrons. The maximum atomic E-state index is 12.6. The molecule has 0 aromatic carbocycles. The van der Waals surface area contributed by atoms with Gasteiger partial charge in [0.1, 0.15) is 5.41 Å². The topological polar surface area (TPSA) is 79.0 Å². The average molecular weight is 295 g/mol. The summed E-state index contributed by atoms with van der Waals surface area (Å²) in [5.41, 5.74) is -0.979. The maximum Gasteiger partial charge on any atom is 0.331 e. The Hall–Kier alpha value is -1.47. The summed E-state index contributed by atoms with van der Waals surface area (Å²) in [6.07, 6.45) is 1.95. The highest BCUT2D eigenvalue weighted by Crippen LogP contribution is 2.44. The molecule has 0 bridgehead atoms. The summed E-state index contributed by atoms with van der Waals surface area (Å²) < 4.78 is 5.30. The summed E-state index contributed by atoms with van der Waals surface area (Å²) in [5.74, 6) is -0.734. The lowest BCUT2D eigenvalue weighted by atomic mass is 9.66. The highest BCUT2D eigenvalue weighted by molar-refractivity contribution is 6.19. The lowest BCUT2D eigenvalue weighted by Crippen LogP contribution is -2.68. The maximum absolute atomic E-state index is 12.6. The standard InChI is InChI=1S/C14H21N3O4/c1-10(9-16-5-7-21-8-6-16)17-12(19)14(3-2-4-14)11(18)15-13(17)20/h10H,2-9H2,1H3,(H,15,18,20). The number of hydrogen-bond donors (Lipinski definition) is 1. The predicted octanol–water partition coefficient (Wildman–Crippen LogP) is -0.0442. The van der Waals surface area contributed by atoms with Crippen LogP contribution in [-0.4, -0.2) is 66.5 Å². The van der Waals surface area contributed by atoms with Crippen molar-refractivity contribution < 1.29 is 19.1 Å². The monoisotopic (exact) mass is 295 g/mol. The van der Waals surface area contributed by atoms with Crippen LogP contribution < -0.4 is 5.32 Å². The SMILES string of the molecule is CC(CN1CCOCC1)N1C(=O)NC(=O)C2(CCC2)C1=O. The number of ether oxygens (including phenoxy) is 1. The molecule has 2 heterocycles. The molecule has 2 aliphatic heterocycles. The number of nitrogens with one attached hydrogen (secondary N) is 1. The van der Waals surface area contributed by atoms with E-state index in [2.05, 4.69) is 10.2 Å². The van der Waals surface area contributed by atoms with Crippen LogP contribution in [-0.2, 0) is 14.3 Å². The number of carbonyl (C=O) groups is 3. The van der Waals surface area contributed by atoms with Crippen LogP contribution in [0.4, 0.5) is 4.79 Å². The van der Waals surface area contributed by atoms with Gasteiger partial charge in [-0.05, 0) is 19.8 Å². The van der Waals surface area contributed by atoms with Crippen LogP contribution in [0.3, 0.4) is 0 Å². The van der Waals surface area contributed by atoms with Crippen LogP contribution in [0.1, 0.15) is 26.2 Å². The first kappa shape index (κ1) is 14.5. The number of rotatable bonds is 3. The molecule has 3 rings (SSSR count). The number of barbiturate groups is 1. The Kier molecular flexibility index (Phi) is 3.71. The van der Waals surface area contributed by atoms with E-state index in [0.717, 1.165) is 19.5 Å². The van der Waals surface area contributed by atoms with Gasteiger partial charge in [0.25, 0.3) is 0 Å². The lowest BCUT2D eigenvalue weighted by molar-refractivity contribution is -0.159. The summed E-state index contributed by atoms with van der Waals surface area (Å²) in [6, 6.07) is -0.829. The van der Waals surface area contributed by atoms with Gasteiger partial charge in [-0.1, -0.05) is 6.42 Å². The number of imide groups is 2. The molecule has 2 saturated heterocycles. The molecule has 21 heavy (non-hydrogen) atoms. The van der Waals surface area contributed by atoms with Gasteiger partial charge in [-0.15, -0.1) is 0 Å². The van der Waals surface area contributed by atoms with Gasteiger partial charge >= 0.3 is 6.03 Å². The number of nitrogens with zero attached hydrogens (tertiary/aromatic N) is 2. The van der Waals surface area contributed by atoms with Gasteiger partial charge in [-0.2, -0.15) is 0 Å². The fourth-order valence-electron chi connectivity index (χ4n) is 3.31. The van der Waals surface area contributed by atoms with Gasteiger partial charge in [0, 0.05) is 19.6 Å². The van der Waals surface area contributed by atoms with Crippen molar-refractivity contribution in [3.05, 3.63) is 0 Å². The van der Waals surface area contributed by atoms with E-state index < -0.39 is 17.4 Å². The van der Waals surface area contributed by atoms with Crippen molar-refractivity contribution >= 4 is 17.8 Å². The number of carbonyl (C=O) groups excluding carboxylic acids is 3. The Bertz CT molecular complexity index is 469. The quantitative estimate of drug-likeness (QED) is 0.739. The predicted molar refractivity (Wildman–Crippen MR) is 73.4 cm³/mol. The summed E-state index contributed by atoms with van der Waals surface area (Å²) >= 11 is 0. The molecular weight excluding hydrogens is 274 g/mol. The first-order valence-corrected chi connectivity index (χ1v) is 7.54. The summed E-state index contributed by atoms with van der Waals surface area (Å²) in [5, 5.41) is 2.35. The largest absolute Gasteiger partial charge is 0.379 e. The fourth-order valence-corrected chi connectivity index (χ4v) is 3.31. The summed E-state index contributed by atoms with van der Waals surface area (Å²) in [6.45, 7) is 5.43. The molecule has 3 fully saturated rings. The smallest absolute Gasteiger partial charge is 0.331 e. The molecule has 1 atom stereocenters. The van der Waals surface area contributed by atoms with Gasteiger partial charge in [0.2, 0.25) is 11.8 Å². The third-order valence-corrected chi connectivity index (χ3v) is 4.78. The third-order valence-electron chi connectivity index (χ3n) is 4.78. The summed E-state index contributed by atoms with van der Waals surface area (Å²) in [7, 11) is 0. The molecule has 1 saturated carbocycles. The van der Waals surface area contributed by atoms with E-state index in [0.29, 0.717) is 32.6 Å². The van der Waals surface area contributed by atoms with Crippen LogP contribution >= 0.6 is 0 Å². The molecule has 7 heteroatoms. The molecule has 1 aliphatic carbocycles. The van der Waals surface area contributed by atoms with Gasteiger partial charge in [0.05, 0.1) is 19.3 Å². The minimum atomic E-state index is -0.979. The number of hydrogen-bond acceptors (Lipinski definition) is 5. The third kappa shape index (κ3) is 2.34. The second kappa shape index (κ2) is 5.38. The molecule has 3 aliphatic rings. The van der Waals surface area contributed by atoms with Crippen LogP contribution in [0, 0.1) is 5.41 Å². The zero-order valence-corrected chi connectivity index (χ0v) is 12.3. The first-order chi connectivity index (χ1) is 10.0. The molecule has 1 spiro atoms.